The Morgan fingerprint density at radius 3 is 2.42 bits per heavy atom. The molecule has 1 amide bonds. The first-order chi connectivity index (χ1) is 18.8. The monoisotopic (exact) mass is 573 g/mol. The van der Waals surface area contributed by atoms with Gasteiger partial charge in [-0.15, -0.1) is 0 Å². The van der Waals surface area contributed by atoms with Crippen LogP contribution in [0.15, 0.2) is 42.7 Å². The average Bonchev–Trinajstić information content (AvgIpc) is 3.19. The number of nitrogens with one attached hydrogen (secondary N) is 1. The number of ether oxygens (including phenoxy) is 4. The standard InChI is InChI=1S/C30H43N3O6S/c1-21-19-33(20-37-15-16-40(6,7)8)27-26(21)25(13-14-31-27)38-24-11-9-22(10-12-24)17-23(28(34)36-5)18-32-29(35)39-30(2,3)4/h9-14,19,23H,15-18,20H2,1-8H3,(H,32,35). The van der Waals surface area contributed by atoms with Crippen LogP contribution in [0.1, 0.15) is 31.9 Å². The van der Waals surface area contributed by atoms with Crippen molar-refractivity contribution in [1.29, 1.82) is 0 Å². The molecule has 0 radical (unpaired) electrons. The van der Waals surface area contributed by atoms with E-state index in [4.69, 9.17) is 18.9 Å². The number of nitrogens with zero attached hydrogens (tertiary/aromatic N) is 2. The Balaban J connectivity index is 1.66. The van der Waals surface area contributed by atoms with Gasteiger partial charge >= 0.3 is 12.1 Å². The largest absolute Gasteiger partial charge is 0.469 e. The first-order valence-corrected chi connectivity index (χ1v) is 16.3. The summed E-state index contributed by atoms with van der Waals surface area (Å²) in [5.74, 6) is 1.47. The predicted octanol–water partition coefficient (Wildman–Crippen LogP) is 5.66. The van der Waals surface area contributed by atoms with Crippen molar-refractivity contribution in [3.05, 3.63) is 53.9 Å². The lowest BCUT2D eigenvalue weighted by atomic mass is 9.99. The van der Waals surface area contributed by atoms with E-state index in [0.717, 1.165) is 27.9 Å². The SMILES string of the molecule is COC(=O)C(CNC(=O)OC(C)(C)C)Cc1ccc(Oc2ccnc3c2c(C)cn3COCCS(C)(C)C)cc1. The molecular weight excluding hydrogens is 530 g/mol. The Morgan fingerprint density at radius 1 is 1.10 bits per heavy atom. The third-order valence-electron chi connectivity index (χ3n) is 6.04. The van der Waals surface area contributed by atoms with Gasteiger partial charge < -0.3 is 28.8 Å². The van der Waals surface area contributed by atoms with E-state index in [9.17, 15) is 9.59 Å². The number of methoxy groups -OCH3 is 1. The first kappa shape index (κ1) is 31.3. The third-order valence-corrected chi connectivity index (χ3v) is 7.43. The third kappa shape index (κ3) is 9.45. The zero-order valence-electron chi connectivity index (χ0n) is 24.9. The summed E-state index contributed by atoms with van der Waals surface area (Å²) in [7, 11) is 0.737. The number of carbonyl (C=O) groups is 2. The number of aryl methyl sites for hydroxylation is 1. The number of hydrogen-bond donors (Lipinski definition) is 1. The zero-order chi connectivity index (χ0) is 29.5. The van der Waals surface area contributed by atoms with Crippen LogP contribution in [-0.2, 0) is 32.2 Å². The summed E-state index contributed by atoms with van der Waals surface area (Å²) in [6.07, 6.45) is 10.4. The second-order valence-electron chi connectivity index (χ2n) is 11.7. The van der Waals surface area contributed by atoms with Gasteiger partial charge in [0.25, 0.3) is 0 Å². The van der Waals surface area contributed by atoms with Crippen LogP contribution >= 0.6 is 10.0 Å². The molecule has 40 heavy (non-hydrogen) atoms. The fraction of sp³-hybridized carbons (Fsp3) is 0.500. The van der Waals surface area contributed by atoms with Crippen molar-refractivity contribution in [3.8, 4) is 11.5 Å². The highest BCUT2D eigenvalue weighted by Crippen LogP contribution is 2.34. The summed E-state index contributed by atoms with van der Waals surface area (Å²) in [5, 5.41) is 3.60. The number of amides is 1. The van der Waals surface area contributed by atoms with Gasteiger partial charge in [0, 0.05) is 24.7 Å². The van der Waals surface area contributed by atoms with Crippen molar-refractivity contribution in [3.63, 3.8) is 0 Å². The molecule has 1 atom stereocenters. The summed E-state index contributed by atoms with van der Waals surface area (Å²) in [4.78, 5) is 29.0. The van der Waals surface area contributed by atoms with Gasteiger partial charge in [-0.2, -0.15) is 0 Å². The van der Waals surface area contributed by atoms with Crippen molar-refractivity contribution >= 4 is 33.1 Å². The molecule has 3 aromatic rings. The predicted molar refractivity (Wildman–Crippen MR) is 161 cm³/mol. The summed E-state index contributed by atoms with van der Waals surface area (Å²) in [6.45, 7) is 8.65. The normalized spacial score (nSPS) is 13.1. The van der Waals surface area contributed by atoms with Gasteiger partial charge in [0.05, 0.1) is 25.0 Å². The number of carbonyl (C=O) groups excluding carboxylic acids is 2. The molecule has 0 saturated carbocycles. The topological polar surface area (TPSA) is 101 Å². The molecule has 1 N–H and O–H groups in total. The Hall–Kier alpha value is -3.24. The molecule has 1 unspecified atom stereocenters. The molecule has 0 fully saturated rings. The highest BCUT2D eigenvalue weighted by Gasteiger charge is 2.23. The van der Waals surface area contributed by atoms with E-state index in [1.54, 1.807) is 27.0 Å². The smallest absolute Gasteiger partial charge is 0.407 e. The van der Waals surface area contributed by atoms with E-state index >= 15 is 0 Å². The van der Waals surface area contributed by atoms with E-state index < -0.39 is 33.6 Å². The Morgan fingerprint density at radius 2 is 1.80 bits per heavy atom. The lowest BCUT2D eigenvalue weighted by Crippen LogP contribution is -2.38. The van der Waals surface area contributed by atoms with Crippen molar-refractivity contribution < 1.29 is 28.5 Å². The highest BCUT2D eigenvalue weighted by molar-refractivity contribution is 8.32. The van der Waals surface area contributed by atoms with E-state index in [0.29, 0.717) is 31.3 Å². The molecular formula is C30H43N3O6S. The minimum Gasteiger partial charge on any atom is -0.469 e. The van der Waals surface area contributed by atoms with Crippen molar-refractivity contribution in [2.75, 3.05) is 44.8 Å². The van der Waals surface area contributed by atoms with Crippen LogP contribution in [0.3, 0.4) is 0 Å². The fourth-order valence-corrected chi connectivity index (χ4v) is 4.69. The van der Waals surface area contributed by atoms with Gasteiger partial charge in [-0.3, -0.25) is 4.79 Å². The van der Waals surface area contributed by atoms with Gasteiger partial charge in [0.2, 0.25) is 0 Å². The fourth-order valence-electron chi connectivity index (χ4n) is 4.07. The second-order valence-corrected chi connectivity index (χ2v) is 16.3. The molecule has 0 spiro atoms. The lowest BCUT2D eigenvalue weighted by molar-refractivity contribution is -0.145. The summed E-state index contributed by atoms with van der Waals surface area (Å²) in [6, 6.07) is 9.39. The molecule has 3 rings (SSSR count). The Labute approximate surface area is 238 Å². The zero-order valence-corrected chi connectivity index (χ0v) is 25.7. The molecule has 0 aliphatic rings. The molecule has 1 aromatic carbocycles. The molecule has 0 aliphatic heterocycles. The molecule has 9 nitrogen and oxygen atoms in total. The maximum Gasteiger partial charge on any atom is 0.407 e. The molecule has 10 heteroatoms. The Bertz CT molecular complexity index is 1290. The minimum atomic E-state index is -0.622. The number of alkyl carbamates (subject to hydrolysis) is 1. The van der Waals surface area contributed by atoms with Crippen LogP contribution in [0.25, 0.3) is 11.0 Å². The minimum absolute atomic E-state index is 0.103. The number of esters is 1. The van der Waals surface area contributed by atoms with Gasteiger partial charge in [0.15, 0.2) is 0 Å². The van der Waals surface area contributed by atoms with Crippen LogP contribution in [0.2, 0.25) is 0 Å². The summed E-state index contributed by atoms with van der Waals surface area (Å²) >= 11 is 0. The Kier molecular flexibility index (Phi) is 10.5. The lowest BCUT2D eigenvalue weighted by Gasteiger charge is -2.24. The van der Waals surface area contributed by atoms with Gasteiger partial charge in [0.1, 0.15) is 29.5 Å². The van der Waals surface area contributed by atoms with E-state index in [1.807, 2.05) is 48.0 Å². The van der Waals surface area contributed by atoms with Gasteiger partial charge in [-0.1, -0.05) is 12.1 Å². The van der Waals surface area contributed by atoms with E-state index in [-0.39, 0.29) is 6.54 Å². The average molecular weight is 574 g/mol. The van der Waals surface area contributed by atoms with Crippen LogP contribution in [0.5, 0.6) is 11.5 Å². The maximum atomic E-state index is 12.4. The number of fused-ring (bicyclic) bond motifs is 1. The molecule has 0 aliphatic carbocycles. The number of rotatable bonds is 12. The van der Waals surface area contributed by atoms with Crippen molar-refractivity contribution in [1.82, 2.24) is 14.9 Å². The quantitative estimate of drug-likeness (QED) is 0.220. The first-order valence-electron chi connectivity index (χ1n) is 13.3. The molecule has 2 aromatic heterocycles. The summed E-state index contributed by atoms with van der Waals surface area (Å²) < 4.78 is 24.4. The van der Waals surface area contributed by atoms with E-state index in [2.05, 4.69) is 29.1 Å². The number of benzene rings is 1. The van der Waals surface area contributed by atoms with Crippen LogP contribution < -0.4 is 10.1 Å². The van der Waals surface area contributed by atoms with Crippen molar-refractivity contribution in [2.45, 2.75) is 46.4 Å². The van der Waals surface area contributed by atoms with Crippen LogP contribution in [-0.4, -0.2) is 72.0 Å². The van der Waals surface area contributed by atoms with E-state index in [1.165, 1.54) is 7.11 Å². The molecule has 0 saturated heterocycles. The second kappa shape index (κ2) is 13.4. The van der Waals surface area contributed by atoms with Crippen molar-refractivity contribution in [2.24, 2.45) is 5.92 Å². The number of pyridine rings is 1. The molecule has 220 valence electrons. The maximum absolute atomic E-state index is 12.4. The van der Waals surface area contributed by atoms with Crippen LogP contribution in [0, 0.1) is 12.8 Å². The van der Waals surface area contributed by atoms with Gasteiger partial charge in [-0.25, -0.2) is 19.8 Å². The van der Waals surface area contributed by atoms with Gasteiger partial charge in [-0.05, 0) is 82.2 Å². The number of hydrogen-bond acceptors (Lipinski definition) is 7. The highest BCUT2D eigenvalue weighted by atomic mass is 32.3. The van der Waals surface area contributed by atoms with Crippen LogP contribution in [0.4, 0.5) is 4.79 Å². The number of aromatic nitrogens is 2. The molecule has 2 heterocycles. The summed E-state index contributed by atoms with van der Waals surface area (Å²) in [5.41, 5.74) is 2.15. The molecule has 0 bridgehead atoms.